The zero-order valence-electron chi connectivity index (χ0n) is 20.5. The molecule has 1 saturated heterocycles. The van der Waals surface area contributed by atoms with Crippen LogP contribution in [-0.2, 0) is 15.6 Å². The molecule has 8 nitrogen and oxygen atoms in total. The summed E-state index contributed by atoms with van der Waals surface area (Å²) in [5.74, 6) is 1.67. The lowest BCUT2D eigenvalue weighted by atomic mass is 9.53. The number of hydrogen-bond acceptors (Lipinski definition) is 8. The van der Waals surface area contributed by atoms with E-state index in [2.05, 4.69) is 51.6 Å². The number of fused-ring (bicyclic) bond motifs is 3. The molecule has 0 unspecified atom stereocenters. The molecule has 3 aliphatic carbocycles. The Balaban J connectivity index is 1.09. The normalized spacial score (nSPS) is 26.8. The first kappa shape index (κ1) is 22.5. The molecule has 0 radical (unpaired) electrons. The summed E-state index contributed by atoms with van der Waals surface area (Å²) in [7, 11) is 0. The molecule has 35 heavy (non-hydrogen) atoms. The molecule has 2 bridgehead atoms. The fraction of sp³-hybridized carbons (Fsp3) is 0.556. The standard InChI is InChI=1S/C27H33N5O3/c1-3-34-24-28-14-20(15-29-24)19-5-4-6-21(13-19)30-16-26-7-10-27(11-8-26,12-9-26)22-31-23(35-32-22)25(2)17-33-18-25/h4-6,13-15,30H,3,7-12,16-18H2,1-2H3. The van der Waals surface area contributed by atoms with Crippen molar-refractivity contribution in [3.8, 4) is 17.1 Å². The van der Waals surface area contributed by atoms with Crippen molar-refractivity contribution >= 4 is 5.69 Å². The van der Waals surface area contributed by atoms with E-state index in [4.69, 9.17) is 19.0 Å². The molecular weight excluding hydrogens is 442 g/mol. The number of ether oxygens (including phenoxy) is 2. The van der Waals surface area contributed by atoms with Gasteiger partial charge in [-0.2, -0.15) is 4.98 Å². The molecule has 184 valence electrons. The highest BCUT2D eigenvalue weighted by molar-refractivity contribution is 5.66. The molecule has 0 atom stereocenters. The van der Waals surface area contributed by atoms with Gasteiger partial charge in [-0.25, -0.2) is 9.97 Å². The van der Waals surface area contributed by atoms with Gasteiger partial charge in [-0.15, -0.1) is 0 Å². The van der Waals surface area contributed by atoms with Crippen LogP contribution < -0.4 is 10.1 Å². The van der Waals surface area contributed by atoms with Crippen molar-refractivity contribution in [1.82, 2.24) is 20.1 Å². The molecule has 3 heterocycles. The lowest BCUT2D eigenvalue weighted by Gasteiger charge is -2.52. The molecule has 2 aromatic heterocycles. The molecule has 8 heteroatoms. The van der Waals surface area contributed by atoms with E-state index in [0.717, 1.165) is 54.3 Å². The highest BCUT2D eigenvalue weighted by Gasteiger charge is 2.52. The van der Waals surface area contributed by atoms with Crippen molar-refractivity contribution < 1.29 is 14.0 Å². The van der Waals surface area contributed by atoms with Crippen molar-refractivity contribution in [2.75, 3.05) is 31.7 Å². The molecule has 0 spiro atoms. The molecule has 1 aromatic carbocycles. The quantitative estimate of drug-likeness (QED) is 0.491. The van der Waals surface area contributed by atoms with Gasteiger partial charge in [-0.1, -0.05) is 17.3 Å². The highest BCUT2D eigenvalue weighted by Crippen LogP contribution is 2.57. The Kier molecular flexibility index (Phi) is 5.51. The van der Waals surface area contributed by atoms with Gasteiger partial charge in [0.2, 0.25) is 5.89 Å². The number of benzene rings is 1. The molecule has 4 aliphatic rings. The Morgan fingerprint density at radius 1 is 1.00 bits per heavy atom. The van der Waals surface area contributed by atoms with Crippen LogP contribution in [0.2, 0.25) is 0 Å². The van der Waals surface area contributed by atoms with E-state index in [1.807, 2.05) is 19.3 Å². The van der Waals surface area contributed by atoms with Crippen molar-refractivity contribution in [3.63, 3.8) is 0 Å². The second kappa shape index (κ2) is 8.59. The second-order valence-corrected chi connectivity index (χ2v) is 10.9. The summed E-state index contributed by atoms with van der Waals surface area (Å²) in [6, 6.07) is 8.90. The third-order valence-corrected chi connectivity index (χ3v) is 8.42. The number of nitrogens with zero attached hydrogens (tertiary/aromatic N) is 4. The summed E-state index contributed by atoms with van der Waals surface area (Å²) < 4.78 is 16.4. The Hall–Kier alpha value is -3.00. The van der Waals surface area contributed by atoms with Gasteiger partial charge in [0.25, 0.3) is 0 Å². The molecule has 7 rings (SSSR count). The SMILES string of the molecule is CCOc1ncc(-c2cccc(NCC34CCC(c5noc(C6(C)COC6)n5)(CC3)CC4)c2)cn1. The summed E-state index contributed by atoms with van der Waals surface area (Å²) in [6.45, 7) is 6.96. The average molecular weight is 476 g/mol. The molecule has 4 fully saturated rings. The predicted octanol–water partition coefficient (Wildman–Crippen LogP) is 4.92. The molecular formula is C27H33N5O3. The van der Waals surface area contributed by atoms with Crippen LogP contribution in [0.15, 0.2) is 41.2 Å². The summed E-state index contributed by atoms with van der Waals surface area (Å²) in [4.78, 5) is 13.5. The van der Waals surface area contributed by atoms with Gasteiger partial charge >= 0.3 is 6.01 Å². The van der Waals surface area contributed by atoms with Crippen LogP contribution in [0.4, 0.5) is 5.69 Å². The summed E-state index contributed by atoms with van der Waals surface area (Å²) >= 11 is 0. The number of hydrogen-bond donors (Lipinski definition) is 1. The monoisotopic (exact) mass is 475 g/mol. The predicted molar refractivity (Wildman–Crippen MR) is 131 cm³/mol. The summed E-state index contributed by atoms with van der Waals surface area (Å²) in [5, 5.41) is 8.19. The number of aromatic nitrogens is 4. The van der Waals surface area contributed by atoms with Crippen LogP contribution in [-0.4, -0.2) is 46.5 Å². The van der Waals surface area contributed by atoms with Crippen LogP contribution >= 0.6 is 0 Å². The van der Waals surface area contributed by atoms with Gasteiger partial charge in [-0.3, -0.25) is 0 Å². The maximum Gasteiger partial charge on any atom is 0.316 e. The largest absolute Gasteiger partial charge is 0.464 e. The fourth-order valence-corrected chi connectivity index (χ4v) is 5.85. The number of rotatable bonds is 8. The molecule has 3 saturated carbocycles. The third-order valence-electron chi connectivity index (χ3n) is 8.42. The molecule has 1 aliphatic heterocycles. The first-order valence-corrected chi connectivity index (χ1v) is 12.7. The lowest BCUT2D eigenvalue weighted by molar-refractivity contribution is -0.0644. The first-order chi connectivity index (χ1) is 17.0. The van der Waals surface area contributed by atoms with Gasteiger partial charge in [0.05, 0.1) is 25.2 Å². The Morgan fingerprint density at radius 2 is 1.74 bits per heavy atom. The van der Waals surface area contributed by atoms with E-state index in [1.54, 1.807) is 0 Å². The Bertz CT molecular complexity index is 1160. The minimum atomic E-state index is -0.106. The average Bonchev–Trinajstić information content (AvgIpc) is 3.40. The van der Waals surface area contributed by atoms with E-state index >= 15 is 0 Å². The molecule has 1 N–H and O–H groups in total. The van der Waals surface area contributed by atoms with Crippen molar-refractivity contribution in [1.29, 1.82) is 0 Å². The zero-order chi connectivity index (χ0) is 23.9. The van der Waals surface area contributed by atoms with E-state index in [1.165, 1.54) is 19.3 Å². The maximum absolute atomic E-state index is 5.70. The maximum atomic E-state index is 5.70. The smallest absolute Gasteiger partial charge is 0.316 e. The van der Waals surface area contributed by atoms with Gasteiger partial charge < -0.3 is 19.3 Å². The fourth-order valence-electron chi connectivity index (χ4n) is 5.85. The summed E-state index contributed by atoms with van der Waals surface area (Å²) in [6.07, 6.45) is 10.6. The van der Waals surface area contributed by atoms with Crippen LogP contribution in [0, 0.1) is 5.41 Å². The second-order valence-electron chi connectivity index (χ2n) is 10.9. The van der Waals surface area contributed by atoms with Crippen molar-refractivity contribution in [2.45, 2.75) is 63.2 Å². The Morgan fingerprint density at radius 3 is 2.40 bits per heavy atom. The Labute approximate surface area is 205 Å². The van der Waals surface area contributed by atoms with Gasteiger partial charge in [0.1, 0.15) is 0 Å². The van der Waals surface area contributed by atoms with Crippen LogP contribution in [0.25, 0.3) is 11.1 Å². The van der Waals surface area contributed by atoms with E-state index < -0.39 is 0 Å². The van der Waals surface area contributed by atoms with Crippen molar-refractivity contribution in [2.24, 2.45) is 5.41 Å². The summed E-state index contributed by atoms with van der Waals surface area (Å²) in [5.41, 5.74) is 3.52. The minimum Gasteiger partial charge on any atom is -0.464 e. The lowest BCUT2D eigenvalue weighted by Crippen LogP contribution is -2.48. The minimum absolute atomic E-state index is 0.0814. The van der Waals surface area contributed by atoms with Crippen LogP contribution in [0.5, 0.6) is 6.01 Å². The van der Waals surface area contributed by atoms with Gasteiger partial charge in [0.15, 0.2) is 5.82 Å². The van der Waals surface area contributed by atoms with Gasteiger partial charge in [0, 0.05) is 35.6 Å². The first-order valence-electron chi connectivity index (χ1n) is 12.7. The topological polar surface area (TPSA) is 95.2 Å². The molecule has 0 amide bonds. The van der Waals surface area contributed by atoms with Gasteiger partial charge in [-0.05, 0) is 75.5 Å². The van der Waals surface area contributed by atoms with Crippen LogP contribution in [0.3, 0.4) is 0 Å². The van der Waals surface area contributed by atoms with E-state index in [-0.39, 0.29) is 10.8 Å². The van der Waals surface area contributed by atoms with E-state index in [9.17, 15) is 0 Å². The third kappa shape index (κ3) is 4.07. The number of anilines is 1. The highest BCUT2D eigenvalue weighted by atomic mass is 16.5. The molecule has 3 aromatic rings. The van der Waals surface area contributed by atoms with E-state index in [0.29, 0.717) is 31.2 Å². The van der Waals surface area contributed by atoms with Crippen molar-refractivity contribution in [3.05, 3.63) is 48.4 Å². The van der Waals surface area contributed by atoms with Crippen LogP contribution in [0.1, 0.15) is 64.1 Å². The number of nitrogens with one attached hydrogen (secondary N) is 1. The zero-order valence-corrected chi connectivity index (χ0v) is 20.5.